The number of imidazole rings is 1. The summed E-state index contributed by atoms with van der Waals surface area (Å²) in [6, 6.07) is 3.92. The zero-order valence-corrected chi connectivity index (χ0v) is 8.27. The van der Waals surface area contributed by atoms with E-state index in [1.54, 1.807) is 10.7 Å². The van der Waals surface area contributed by atoms with E-state index < -0.39 is 0 Å². The Hall–Kier alpha value is -1.58. The molecule has 1 N–H and O–H groups in total. The van der Waals surface area contributed by atoms with Crippen molar-refractivity contribution < 1.29 is 0 Å². The number of fused-ring (bicyclic) bond motifs is 1. The number of nitrogens with one attached hydrogen (secondary N) is 1. The van der Waals surface area contributed by atoms with E-state index in [4.69, 9.17) is 0 Å². The fourth-order valence-electron chi connectivity index (χ4n) is 1.30. The SMILES string of the molecule is CCCCNc1ccc2nccn2n1. The molecule has 4 nitrogen and oxygen atoms in total. The fourth-order valence-corrected chi connectivity index (χ4v) is 1.30. The third-order valence-electron chi connectivity index (χ3n) is 2.09. The van der Waals surface area contributed by atoms with E-state index in [2.05, 4.69) is 22.3 Å². The van der Waals surface area contributed by atoms with E-state index in [0.29, 0.717) is 0 Å². The number of anilines is 1. The normalized spacial score (nSPS) is 10.6. The highest BCUT2D eigenvalue weighted by atomic mass is 15.3. The molecule has 0 fully saturated rings. The maximum absolute atomic E-state index is 4.35. The second kappa shape index (κ2) is 4.09. The molecular formula is C10H14N4. The summed E-state index contributed by atoms with van der Waals surface area (Å²) in [6.07, 6.45) is 5.96. The molecule has 0 aliphatic heterocycles. The predicted octanol–water partition coefficient (Wildman–Crippen LogP) is 1.94. The van der Waals surface area contributed by atoms with Gasteiger partial charge in [-0.25, -0.2) is 9.50 Å². The monoisotopic (exact) mass is 190 g/mol. The number of unbranched alkanes of at least 4 members (excludes halogenated alkanes) is 1. The first-order chi connectivity index (χ1) is 6.90. The van der Waals surface area contributed by atoms with Crippen LogP contribution in [0.3, 0.4) is 0 Å². The Morgan fingerprint density at radius 2 is 2.36 bits per heavy atom. The van der Waals surface area contributed by atoms with Gasteiger partial charge in [0.15, 0.2) is 5.65 Å². The number of hydrogen-bond donors (Lipinski definition) is 1. The van der Waals surface area contributed by atoms with Gasteiger partial charge in [0.2, 0.25) is 0 Å². The Balaban J connectivity index is 2.10. The van der Waals surface area contributed by atoms with Crippen LogP contribution in [0.2, 0.25) is 0 Å². The first-order valence-corrected chi connectivity index (χ1v) is 4.94. The van der Waals surface area contributed by atoms with Crippen LogP contribution in [0.5, 0.6) is 0 Å². The number of nitrogens with zero attached hydrogens (tertiary/aromatic N) is 3. The molecule has 0 amide bonds. The van der Waals surface area contributed by atoms with Crippen molar-refractivity contribution in [2.75, 3.05) is 11.9 Å². The van der Waals surface area contributed by atoms with Crippen molar-refractivity contribution >= 4 is 11.5 Å². The first kappa shape index (κ1) is 8.99. The van der Waals surface area contributed by atoms with E-state index in [0.717, 1.165) is 18.0 Å². The van der Waals surface area contributed by atoms with Crippen LogP contribution in [0.4, 0.5) is 5.82 Å². The van der Waals surface area contributed by atoms with E-state index in [1.165, 1.54) is 12.8 Å². The molecule has 2 aromatic heterocycles. The maximum Gasteiger partial charge on any atom is 0.153 e. The van der Waals surface area contributed by atoms with Crippen molar-refractivity contribution in [3.05, 3.63) is 24.5 Å². The summed E-state index contributed by atoms with van der Waals surface area (Å²) in [4.78, 5) is 4.13. The summed E-state index contributed by atoms with van der Waals surface area (Å²) < 4.78 is 1.77. The second-order valence-corrected chi connectivity index (χ2v) is 3.23. The molecule has 0 saturated heterocycles. The van der Waals surface area contributed by atoms with Gasteiger partial charge in [-0.2, -0.15) is 0 Å². The lowest BCUT2D eigenvalue weighted by atomic mass is 10.3. The van der Waals surface area contributed by atoms with Crippen LogP contribution in [0.15, 0.2) is 24.5 Å². The maximum atomic E-state index is 4.35. The van der Waals surface area contributed by atoms with Gasteiger partial charge in [-0.3, -0.25) is 0 Å². The zero-order chi connectivity index (χ0) is 9.80. The van der Waals surface area contributed by atoms with Crippen molar-refractivity contribution in [2.24, 2.45) is 0 Å². The van der Waals surface area contributed by atoms with Gasteiger partial charge in [-0.05, 0) is 18.6 Å². The summed E-state index contributed by atoms with van der Waals surface area (Å²) in [5, 5.41) is 7.62. The smallest absolute Gasteiger partial charge is 0.153 e. The van der Waals surface area contributed by atoms with E-state index in [9.17, 15) is 0 Å². The molecule has 14 heavy (non-hydrogen) atoms. The second-order valence-electron chi connectivity index (χ2n) is 3.23. The summed E-state index contributed by atoms with van der Waals surface area (Å²) in [5.74, 6) is 0.906. The number of aromatic nitrogens is 3. The van der Waals surface area contributed by atoms with Crippen LogP contribution in [0.1, 0.15) is 19.8 Å². The van der Waals surface area contributed by atoms with Gasteiger partial charge in [-0.1, -0.05) is 13.3 Å². The molecule has 74 valence electrons. The molecule has 2 aromatic rings. The first-order valence-electron chi connectivity index (χ1n) is 4.94. The van der Waals surface area contributed by atoms with Crippen molar-refractivity contribution in [1.29, 1.82) is 0 Å². The van der Waals surface area contributed by atoms with Crippen molar-refractivity contribution in [3.63, 3.8) is 0 Å². The third-order valence-corrected chi connectivity index (χ3v) is 2.09. The van der Waals surface area contributed by atoms with E-state index in [1.807, 2.05) is 18.3 Å². The van der Waals surface area contributed by atoms with Crippen LogP contribution >= 0.6 is 0 Å². The van der Waals surface area contributed by atoms with Gasteiger partial charge in [-0.15, -0.1) is 5.10 Å². The Labute approximate surface area is 83.0 Å². The standard InChI is InChI=1S/C10H14N4/c1-2-3-6-11-9-4-5-10-12-7-8-14(10)13-9/h4-5,7-8H,2-3,6H2,1H3,(H,11,13). The molecule has 0 saturated carbocycles. The van der Waals surface area contributed by atoms with E-state index in [-0.39, 0.29) is 0 Å². The largest absolute Gasteiger partial charge is 0.369 e. The molecule has 0 aliphatic carbocycles. The molecule has 0 bridgehead atoms. The summed E-state index contributed by atoms with van der Waals surface area (Å²) >= 11 is 0. The lowest BCUT2D eigenvalue weighted by Crippen LogP contribution is -2.04. The van der Waals surface area contributed by atoms with Gasteiger partial charge >= 0.3 is 0 Å². The Bertz CT molecular complexity index is 407. The summed E-state index contributed by atoms with van der Waals surface area (Å²) in [5.41, 5.74) is 0.881. The third kappa shape index (κ3) is 1.84. The van der Waals surface area contributed by atoms with Gasteiger partial charge in [0.1, 0.15) is 5.82 Å². The molecule has 0 aromatic carbocycles. The minimum atomic E-state index is 0.881. The Morgan fingerprint density at radius 1 is 1.43 bits per heavy atom. The quantitative estimate of drug-likeness (QED) is 0.749. The Morgan fingerprint density at radius 3 is 3.21 bits per heavy atom. The predicted molar refractivity (Wildman–Crippen MR) is 56.4 cm³/mol. The molecule has 0 spiro atoms. The molecule has 0 atom stereocenters. The highest BCUT2D eigenvalue weighted by Crippen LogP contribution is 2.05. The Kier molecular flexibility index (Phi) is 2.62. The minimum Gasteiger partial charge on any atom is -0.369 e. The topological polar surface area (TPSA) is 42.2 Å². The summed E-state index contributed by atoms with van der Waals surface area (Å²) in [7, 11) is 0. The highest BCUT2D eigenvalue weighted by molar-refractivity contribution is 5.43. The van der Waals surface area contributed by atoms with Crippen molar-refractivity contribution in [2.45, 2.75) is 19.8 Å². The molecule has 0 aliphatic rings. The average Bonchev–Trinajstić information content (AvgIpc) is 2.65. The fraction of sp³-hybridized carbons (Fsp3) is 0.400. The van der Waals surface area contributed by atoms with Crippen molar-refractivity contribution in [1.82, 2.24) is 14.6 Å². The van der Waals surface area contributed by atoms with Crippen LogP contribution in [0.25, 0.3) is 5.65 Å². The minimum absolute atomic E-state index is 0.881. The van der Waals surface area contributed by atoms with Crippen LogP contribution < -0.4 is 5.32 Å². The van der Waals surface area contributed by atoms with Gasteiger partial charge in [0, 0.05) is 18.9 Å². The molecule has 0 unspecified atom stereocenters. The lowest BCUT2D eigenvalue weighted by Gasteiger charge is -2.03. The van der Waals surface area contributed by atoms with Crippen LogP contribution in [-0.2, 0) is 0 Å². The molecule has 0 radical (unpaired) electrons. The average molecular weight is 190 g/mol. The van der Waals surface area contributed by atoms with Gasteiger partial charge in [0.05, 0.1) is 0 Å². The molecule has 2 heterocycles. The molecule has 4 heteroatoms. The number of hydrogen-bond acceptors (Lipinski definition) is 3. The van der Waals surface area contributed by atoms with Crippen LogP contribution in [-0.4, -0.2) is 21.1 Å². The van der Waals surface area contributed by atoms with Gasteiger partial charge in [0.25, 0.3) is 0 Å². The van der Waals surface area contributed by atoms with Crippen molar-refractivity contribution in [3.8, 4) is 0 Å². The lowest BCUT2D eigenvalue weighted by molar-refractivity contribution is 0.822. The highest BCUT2D eigenvalue weighted by Gasteiger charge is 1.96. The zero-order valence-electron chi connectivity index (χ0n) is 8.27. The molecule has 2 rings (SSSR count). The summed E-state index contributed by atoms with van der Waals surface area (Å²) in [6.45, 7) is 3.15. The number of rotatable bonds is 4. The molecular weight excluding hydrogens is 176 g/mol. The van der Waals surface area contributed by atoms with E-state index >= 15 is 0 Å². The van der Waals surface area contributed by atoms with Crippen LogP contribution in [0, 0.1) is 0 Å². The van der Waals surface area contributed by atoms with Gasteiger partial charge < -0.3 is 5.32 Å².